The Morgan fingerprint density at radius 3 is 2.50 bits per heavy atom. The number of sulfonamides is 1. The van der Waals surface area contributed by atoms with E-state index in [2.05, 4.69) is 36.6 Å². The van der Waals surface area contributed by atoms with Gasteiger partial charge in [0.25, 0.3) is 0 Å². The third-order valence-corrected chi connectivity index (χ3v) is 7.87. The Balaban J connectivity index is 2.23. The Kier molecular flexibility index (Phi) is 5.11. The van der Waals surface area contributed by atoms with Crippen molar-refractivity contribution in [1.29, 1.82) is 0 Å². The van der Waals surface area contributed by atoms with Crippen molar-refractivity contribution in [1.82, 2.24) is 4.72 Å². The molecule has 0 unspecified atom stereocenters. The Morgan fingerprint density at radius 2 is 2.05 bits per heavy atom. The second kappa shape index (κ2) is 6.16. The average molecular weight is 444 g/mol. The lowest BCUT2D eigenvalue weighted by Crippen LogP contribution is -2.45. The predicted molar refractivity (Wildman–Crippen MR) is 91.5 cm³/mol. The molecule has 4 nitrogen and oxygen atoms in total. The molecule has 8 heteroatoms. The SMILES string of the molecule is CSC1(CNS(=O)(=O)c2c(N)cc(Br)cc2Br)CCC1. The normalized spacial score (nSPS) is 17.8. The van der Waals surface area contributed by atoms with E-state index in [1.807, 2.05) is 6.26 Å². The van der Waals surface area contributed by atoms with Gasteiger partial charge in [-0.2, -0.15) is 11.8 Å². The zero-order chi connectivity index (χ0) is 15.0. The van der Waals surface area contributed by atoms with Crippen LogP contribution in [0.5, 0.6) is 0 Å². The van der Waals surface area contributed by atoms with Crippen LogP contribution in [-0.2, 0) is 10.0 Å². The monoisotopic (exact) mass is 442 g/mol. The molecule has 0 aliphatic heterocycles. The van der Waals surface area contributed by atoms with E-state index < -0.39 is 10.0 Å². The van der Waals surface area contributed by atoms with Crippen LogP contribution in [0.15, 0.2) is 26.0 Å². The number of nitrogen functional groups attached to an aromatic ring is 1. The Hall–Kier alpha value is 0.240. The van der Waals surface area contributed by atoms with Crippen LogP contribution >= 0.6 is 43.6 Å². The summed E-state index contributed by atoms with van der Waals surface area (Å²) < 4.78 is 28.8. The smallest absolute Gasteiger partial charge is 0.243 e. The number of hydrogen-bond acceptors (Lipinski definition) is 4. The first kappa shape index (κ1) is 16.6. The minimum absolute atomic E-state index is 0.0453. The highest BCUT2D eigenvalue weighted by Gasteiger charge is 2.37. The fourth-order valence-electron chi connectivity index (χ4n) is 2.19. The highest BCUT2D eigenvalue weighted by molar-refractivity contribution is 9.11. The van der Waals surface area contributed by atoms with Crippen molar-refractivity contribution in [2.75, 3.05) is 18.5 Å². The van der Waals surface area contributed by atoms with E-state index >= 15 is 0 Å². The molecule has 1 aliphatic rings. The summed E-state index contributed by atoms with van der Waals surface area (Å²) in [4.78, 5) is 0.108. The molecule has 0 spiro atoms. The van der Waals surface area contributed by atoms with Gasteiger partial charge in [-0.1, -0.05) is 22.4 Å². The molecule has 1 saturated carbocycles. The van der Waals surface area contributed by atoms with Crippen molar-refractivity contribution in [3.05, 3.63) is 21.1 Å². The van der Waals surface area contributed by atoms with Gasteiger partial charge in [-0.3, -0.25) is 0 Å². The molecule has 1 aromatic rings. The first-order valence-corrected chi connectivity index (χ1v) is 10.4. The zero-order valence-electron chi connectivity index (χ0n) is 10.9. The van der Waals surface area contributed by atoms with Gasteiger partial charge in [0.2, 0.25) is 10.0 Å². The fraction of sp³-hybridized carbons (Fsp3) is 0.500. The van der Waals surface area contributed by atoms with Gasteiger partial charge in [0.15, 0.2) is 0 Å². The molecule has 0 atom stereocenters. The number of nitrogens with two attached hydrogens (primary N) is 1. The first-order chi connectivity index (χ1) is 9.30. The van der Waals surface area contributed by atoms with E-state index in [9.17, 15) is 8.42 Å². The summed E-state index contributed by atoms with van der Waals surface area (Å²) in [5, 5.41) is 0. The standard InChI is InChI=1S/C12H16Br2N2O2S2/c1-19-12(3-2-4-12)7-16-20(17,18)11-9(14)5-8(13)6-10(11)15/h5-6,16H,2-4,7,15H2,1H3. The summed E-state index contributed by atoms with van der Waals surface area (Å²) >= 11 is 8.28. The summed E-state index contributed by atoms with van der Waals surface area (Å²) in [6, 6.07) is 3.27. The highest BCUT2D eigenvalue weighted by Crippen LogP contribution is 2.42. The summed E-state index contributed by atoms with van der Waals surface area (Å²) in [5.74, 6) is 0. The van der Waals surface area contributed by atoms with E-state index in [0.29, 0.717) is 11.0 Å². The van der Waals surface area contributed by atoms with Crippen molar-refractivity contribution in [3.8, 4) is 0 Å². The Bertz CT molecular complexity index is 587. The number of benzene rings is 1. The largest absolute Gasteiger partial charge is 0.398 e. The number of rotatable bonds is 5. The number of hydrogen-bond donors (Lipinski definition) is 2. The molecule has 1 aromatic carbocycles. The summed E-state index contributed by atoms with van der Waals surface area (Å²) in [5.41, 5.74) is 6.07. The van der Waals surface area contributed by atoms with Crippen molar-refractivity contribution in [2.45, 2.75) is 28.9 Å². The molecule has 0 amide bonds. The molecule has 2 rings (SSSR count). The van der Waals surface area contributed by atoms with Crippen LogP contribution in [0.4, 0.5) is 5.69 Å². The zero-order valence-corrected chi connectivity index (χ0v) is 15.8. The number of halogens is 2. The minimum Gasteiger partial charge on any atom is -0.398 e. The van der Waals surface area contributed by atoms with Gasteiger partial charge >= 0.3 is 0 Å². The Labute approximate surface area is 140 Å². The molecular weight excluding hydrogens is 428 g/mol. The quantitative estimate of drug-likeness (QED) is 0.684. The van der Waals surface area contributed by atoms with Crippen molar-refractivity contribution < 1.29 is 8.42 Å². The number of nitrogens with one attached hydrogen (secondary N) is 1. The third kappa shape index (κ3) is 3.35. The maximum atomic E-state index is 12.4. The van der Waals surface area contributed by atoms with Crippen LogP contribution < -0.4 is 10.5 Å². The molecule has 3 N–H and O–H groups in total. The molecule has 112 valence electrons. The molecule has 0 radical (unpaired) electrons. The molecular formula is C12H16Br2N2O2S2. The maximum Gasteiger partial charge on any atom is 0.243 e. The first-order valence-electron chi connectivity index (χ1n) is 6.09. The van der Waals surface area contributed by atoms with Crippen LogP contribution in [0.25, 0.3) is 0 Å². The van der Waals surface area contributed by atoms with E-state index in [-0.39, 0.29) is 15.3 Å². The van der Waals surface area contributed by atoms with Crippen LogP contribution in [-0.4, -0.2) is 26.0 Å². The van der Waals surface area contributed by atoms with Crippen LogP contribution in [0, 0.1) is 0 Å². The van der Waals surface area contributed by atoms with Crippen molar-refractivity contribution in [3.63, 3.8) is 0 Å². The fourth-order valence-corrected chi connectivity index (χ4v) is 6.38. The predicted octanol–water partition coefficient (Wildman–Crippen LogP) is 3.36. The topological polar surface area (TPSA) is 72.2 Å². The highest BCUT2D eigenvalue weighted by atomic mass is 79.9. The maximum absolute atomic E-state index is 12.4. The molecule has 0 heterocycles. The van der Waals surface area contributed by atoms with E-state index in [0.717, 1.165) is 23.7 Å². The lowest BCUT2D eigenvalue weighted by molar-refractivity contribution is 0.362. The van der Waals surface area contributed by atoms with Gasteiger partial charge in [-0.15, -0.1) is 0 Å². The van der Waals surface area contributed by atoms with Crippen LogP contribution in [0.3, 0.4) is 0 Å². The number of anilines is 1. The minimum atomic E-state index is -3.61. The second-order valence-corrected chi connectivity index (χ2v) is 9.62. The number of thioether (sulfide) groups is 1. The third-order valence-electron chi connectivity index (χ3n) is 3.59. The van der Waals surface area contributed by atoms with E-state index in [4.69, 9.17) is 5.73 Å². The second-order valence-electron chi connectivity index (χ2n) is 4.87. The summed E-state index contributed by atoms with van der Waals surface area (Å²) in [7, 11) is -3.61. The van der Waals surface area contributed by atoms with E-state index in [1.54, 1.807) is 23.9 Å². The van der Waals surface area contributed by atoms with Gasteiger partial charge in [-0.25, -0.2) is 13.1 Å². The average Bonchev–Trinajstić information content (AvgIpc) is 2.25. The molecule has 1 fully saturated rings. The van der Waals surface area contributed by atoms with Gasteiger partial charge < -0.3 is 5.73 Å². The van der Waals surface area contributed by atoms with Gasteiger partial charge in [0.1, 0.15) is 4.90 Å². The summed E-state index contributed by atoms with van der Waals surface area (Å²) in [6.07, 6.45) is 5.28. The van der Waals surface area contributed by atoms with Gasteiger partial charge in [0, 0.05) is 20.2 Å². The lowest BCUT2D eigenvalue weighted by Gasteiger charge is -2.40. The summed E-state index contributed by atoms with van der Waals surface area (Å²) in [6.45, 7) is 0.443. The molecule has 1 aliphatic carbocycles. The van der Waals surface area contributed by atoms with Crippen LogP contribution in [0.1, 0.15) is 19.3 Å². The molecule has 20 heavy (non-hydrogen) atoms. The van der Waals surface area contributed by atoms with Crippen molar-refractivity contribution in [2.24, 2.45) is 0 Å². The molecule has 0 aromatic heterocycles. The van der Waals surface area contributed by atoms with E-state index in [1.165, 1.54) is 0 Å². The van der Waals surface area contributed by atoms with Crippen molar-refractivity contribution >= 4 is 59.3 Å². The lowest BCUT2D eigenvalue weighted by atomic mass is 9.84. The van der Waals surface area contributed by atoms with Gasteiger partial charge in [0.05, 0.1) is 5.69 Å². The molecule has 0 bridgehead atoms. The Morgan fingerprint density at radius 1 is 1.40 bits per heavy atom. The van der Waals surface area contributed by atoms with Crippen LogP contribution in [0.2, 0.25) is 0 Å². The molecule has 0 saturated heterocycles. The van der Waals surface area contributed by atoms with Gasteiger partial charge in [-0.05, 0) is 47.2 Å².